The molecule has 2 N–H and O–H groups in total. The van der Waals surface area contributed by atoms with Crippen LogP contribution in [0, 0.1) is 11.3 Å². The van der Waals surface area contributed by atoms with Crippen molar-refractivity contribution in [1.82, 2.24) is 9.78 Å². The van der Waals surface area contributed by atoms with Crippen molar-refractivity contribution >= 4 is 17.4 Å². The summed E-state index contributed by atoms with van der Waals surface area (Å²) in [4.78, 5) is 0. The molecule has 0 aliphatic rings. The number of anilines is 1. The van der Waals surface area contributed by atoms with Crippen molar-refractivity contribution in [2.45, 2.75) is 6.18 Å². The number of nitrogens with two attached hydrogens (primary N) is 1. The van der Waals surface area contributed by atoms with E-state index in [0.717, 1.165) is 12.1 Å². The van der Waals surface area contributed by atoms with E-state index in [4.69, 9.17) is 17.3 Å². The third kappa shape index (κ3) is 3.04. The standard InChI is InChI=1S/C17H10ClF3N4/c18-13-3-1-2-4-14(13)25-16(23)12(9-22)15(24-25)10-5-7-11(8-6-10)17(19,20)21/h1-8H,23H2. The lowest BCUT2D eigenvalue weighted by molar-refractivity contribution is -0.137. The van der Waals surface area contributed by atoms with Crippen LogP contribution in [0.1, 0.15) is 11.1 Å². The SMILES string of the molecule is N#Cc1c(-c2ccc(C(F)(F)F)cc2)nn(-c2ccccc2Cl)c1N. The Labute approximate surface area is 145 Å². The van der Waals surface area contributed by atoms with Gasteiger partial charge in [-0.15, -0.1) is 0 Å². The molecule has 4 nitrogen and oxygen atoms in total. The molecule has 0 bridgehead atoms. The van der Waals surface area contributed by atoms with E-state index in [0.29, 0.717) is 16.3 Å². The number of halogens is 4. The van der Waals surface area contributed by atoms with Gasteiger partial charge in [-0.25, -0.2) is 4.68 Å². The van der Waals surface area contributed by atoms with E-state index in [1.807, 2.05) is 6.07 Å². The largest absolute Gasteiger partial charge is 0.416 e. The number of benzene rings is 2. The minimum absolute atomic E-state index is 0.0606. The van der Waals surface area contributed by atoms with Crippen LogP contribution in [0.15, 0.2) is 48.5 Å². The van der Waals surface area contributed by atoms with Crippen LogP contribution in [0.4, 0.5) is 19.0 Å². The van der Waals surface area contributed by atoms with Gasteiger partial charge in [0.25, 0.3) is 0 Å². The molecule has 3 aromatic rings. The number of aromatic nitrogens is 2. The fraction of sp³-hybridized carbons (Fsp3) is 0.0588. The molecular weight excluding hydrogens is 353 g/mol. The highest BCUT2D eigenvalue weighted by Crippen LogP contribution is 2.34. The first kappa shape index (κ1) is 16.9. The zero-order valence-electron chi connectivity index (χ0n) is 12.5. The van der Waals surface area contributed by atoms with Gasteiger partial charge in [-0.2, -0.15) is 23.5 Å². The fourth-order valence-electron chi connectivity index (χ4n) is 2.37. The van der Waals surface area contributed by atoms with Crippen molar-refractivity contribution in [1.29, 1.82) is 5.26 Å². The van der Waals surface area contributed by atoms with Gasteiger partial charge in [-0.05, 0) is 24.3 Å². The number of para-hydroxylation sites is 1. The van der Waals surface area contributed by atoms with Crippen molar-refractivity contribution < 1.29 is 13.2 Å². The number of alkyl halides is 3. The maximum Gasteiger partial charge on any atom is 0.416 e. The molecule has 1 heterocycles. The second kappa shape index (κ2) is 6.15. The van der Waals surface area contributed by atoms with E-state index >= 15 is 0 Å². The quantitative estimate of drug-likeness (QED) is 0.720. The Morgan fingerprint density at radius 2 is 1.72 bits per heavy atom. The summed E-state index contributed by atoms with van der Waals surface area (Å²) in [5.74, 6) is 0.0606. The van der Waals surface area contributed by atoms with Gasteiger partial charge in [0.05, 0.1) is 16.3 Å². The first-order valence-electron chi connectivity index (χ1n) is 7.04. The molecule has 0 saturated heterocycles. The maximum absolute atomic E-state index is 12.7. The fourth-order valence-corrected chi connectivity index (χ4v) is 2.58. The zero-order chi connectivity index (χ0) is 18.2. The molecule has 25 heavy (non-hydrogen) atoms. The highest BCUT2D eigenvalue weighted by molar-refractivity contribution is 6.32. The molecule has 1 aromatic heterocycles. The van der Waals surface area contributed by atoms with E-state index in [-0.39, 0.29) is 17.1 Å². The molecule has 8 heteroatoms. The van der Waals surface area contributed by atoms with E-state index in [2.05, 4.69) is 5.10 Å². The molecule has 0 amide bonds. The Balaban J connectivity index is 2.14. The van der Waals surface area contributed by atoms with Crippen LogP contribution in [0.3, 0.4) is 0 Å². The topological polar surface area (TPSA) is 67.6 Å². The number of hydrogen-bond donors (Lipinski definition) is 1. The Bertz CT molecular complexity index is 969. The molecular formula is C17H10ClF3N4. The van der Waals surface area contributed by atoms with Crippen LogP contribution in [-0.4, -0.2) is 9.78 Å². The van der Waals surface area contributed by atoms with E-state index in [9.17, 15) is 18.4 Å². The van der Waals surface area contributed by atoms with Crippen molar-refractivity contribution in [3.63, 3.8) is 0 Å². The van der Waals surface area contributed by atoms with E-state index < -0.39 is 11.7 Å². The summed E-state index contributed by atoms with van der Waals surface area (Å²) in [7, 11) is 0. The van der Waals surface area contributed by atoms with Crippen molar-refractivity contribution in [2.75, 3.05) is 5.73 Å². The van der Waals surface area contributed by atoms with E-state index in [1.165, 1.54) is 16.8 Å². The smallest absolute Gasteiger partial charge is 0.382 e. The average Bonchev–Trinajstić information content (AvgIpc) is 2.91. The first-order valence-corrected chi connectivity index (χ1v) is 7.42. The van der Waals surface area contributed by atoms with Crippen molar-refractivity contribution in [2.24, 2.45) is 0 Å². The normalized spacial score (nSPS) is 11.3. The molecule has 0 saturated carbocycles. The van der Waals surface area contributed by atoms with Crippen LogP contribution < -0.4 is 5.73 Å². The molecule has 0 radical (unpaired) electrons. The van der Waals surface area contributed by atoms with Gasteiger partial charge >= 0.3 is 6.18 Å². The Hall–Kier alpha value is -2.98. The summed E-state index contributed by atoms with van der Waals surface area (Å²) in [6.45, 7) is 0. The third-order valence-electron chi connectivity index (χ3n) is 3.60. The Morgan fingerprint density at radius 1 is 1.08 bits per heavy atom. The van der Waals surface area contributed by atoms with Gasteiger partial charge in [-0.1, -0.05) is 35.9 Å². The first-order chi connectivity index (χ1) is 11.8. The molecule has 2 aromatic carbocycles. The molecule has 3 rings (SSSR count). The Kier molecular flexibility index (Phi) is 4.15. The van der Waals surface area contributed by atoms with Crippen LogP contribution in [0.5, 0.6) is 0 Å². The summed E-state index contributed by atoms with van der Waals surface area (Å²) in [5.41, 5.74) is 6.28. The van der Waals surface area contributed by atoms with Crippen LogP contribution in [-0.2, 0) is 6.18 Å². The summed E-state index contributed by atoms with van der Waals surface area (Å²) in [6, 6.07) is 13.1. The lowest BCUT2D eigenvalue weighted by atomic mass is 10.1. The molecule has 0 fully saturated rings. The average molecular weight is 363 g/mol. The predicted molar refractivity (Wildman–Crippen MR) is 88.1 cm³/mol. The number of nitrogens with zero attached hydrogens (tertiary/aromatic N) is 3. The summed E-state index contributed by atoms with van der Waals surface area (Å²) < 4.78 is 39.4. The second-order valence-corrected chi connectivity index (χ2v) is 5.57. The van der Waals surface area contributed by atoms with Crippen molar-refractivity contribution in [3.8, 4) is 23.0 Å². The number of nitrogen functional groups attached to an aromatic ring is 1. The van der Waals surface area contributed by atoms with Gasteiger partial charge in [0, 0.05) is 5.56 Å². The van der Waals surface area contributed by atoms with Gasteiger partial charge in [0.2, 0.25) is 0 Å². The monoisotopic (exact) mass is 362 g/mol. The molecule has 0 atom stereocenters. The highest BCUT2D eigenvalue weighted by Gasteiger charge is 2.30. The van der Waals surface area contributed by atoms with Crippen molar-refractivity contribution in [3.05, 3.63) is 64.7 Å². The maximum atomic E-state index is 12.7. The zero-order valence-corrected chi connectivity index (χ0v) is 13.3. The summed E-state index contributed by atoms with van der Waals surface area (Å²) >= 11 is 6.13. The van der Waals surface area contributed by atoms with Gasteiger partial charge < -0.3 is 5.73 Å². The van der Waals surface area contributed by atoms with Crippen LogP contribution in [0.25, 0.3) is 16.9 Å². The Morgan fingerprint density at radius 3 is 2.28 bits per heavy atom. The number of nitriles is 1. The lowest BCUT2D eigenvalue weighted by Crippen LogP contribution is -2.04. The van der Waals surface area contributed by atoms with Gasteiger partial charge in [0.1, 0.15) is 23.1 Å². The number of rotatable bonds is 2. The van der Waals surface area contributed by atoms with E-state index in [1.54, 1.807) is 24.3 Å². The predicted octanol–water partition coefficient (Wildman–Crippen LogP) is 4.67. The molecule has 0 aliphatic carbocycles. The van der Waals surface area contributed by atoms with Gasteiger partial charge in [0.15, 0.2) is 0 Å². The molecule has 0 aliphatic heterocycles. The minimum atomic E-state index is -4.44. The molecule has 126 valence electrons. The van der Waals surface area contributed by atoms with Gasteiger partial charge in [-0.3, -0.25) is 0 Å². The van der Waals surface area contributed by atoms with Crippen LogP contribution >= 0.6 is 11.6 Å². The summed E-state index contributed by atoms with van der Waals surface area (Å²) in [6.07, 6.45) is -4.44. The lowest BCUT2D eigenvalue weighted by Gasteiger charge is -2.07. The second-order valence-electron chi connectivity index (χ2n) is 5.16. The third-order valence-corrected chi connectivity index (χ3v) is 3.92. The summed E-state index contributed by atoms with van der Waals surface area (Å²) in [5, 5.41) is 14.0. The minimum Gasteiger partial charge on any atom is -0.382 e. The number of hydrogen-bond acceptors (Lipinski definition) is 3. The molecule has 0 unspecified atom stereocenters. The molecule has 0 spiro atoms. The highest BCUT2D eigenvalue weighted by atomic mass is 35.5. The van der Waals surface area contributed by atoms with Crippen LogP contribution in [0.2, 0.25) is 5.02 Å².